The number of benzene rings is 1. The van der Waals surface area contributed by atoms with Gasteiger partial charge in [0, 0.05) is 12.5 Å². The molecule has 100 valence electrons. The average molecular weight is 249 g/mol. The van der Waals surface area contributed by atoms with Gasteiger partial charge in [0.05, 0.1) is 0 Å². The zero-order chi connectivity index (χ0) is 13.3. The Hall–Kier alpha value is -0.890. The molecule has 2 heteroatoms. The number of halogens is 1. The van der Waals surface area contributed by atoms with Crippen LogP contribution in [-0.4, -0.2) is 13.1 Å². The second kappa shape index (κ2) is 5.00. The van der Waals surface area contributed by atoms with E-state index >= 15 is 4.39 Å². The van der Waals surface area contributed by atoms with Crippen LogP contribution >= 0.6 is 0 Å². The summed E-state index contributed by atoms with van der Waals surface area (Å²) in [7, 11) is 0. The van der Waals surface area contributed by atoms with Gasteiger partial charge in [0.25, 0.3) is 0 Å². The first kappa shape index (κ1) is 13.5. The van der Waals surface area contributed by atoms with E-state index in [-0.39, 0.29) is 5.92 Å². The van der Waals surface area contributed by atoms with E-state index in [9.17, 15) is 0 Å². The van der Waals surface area contributed by atoms with Crippen molar-refractivity contribution in [3.05, 3.63) is 34.4 Å². The summed E-state index contributed by atoms with van der Waals surface area (Å²) >= 11 is 0. The predicted octanol–water partition coefficient (Wildman–Crippen LogP) is 3.80. The minimum atomic E-state index is -1.23. The second-order valence-electron chi connectivity index (χ2n) is 5.87. The Morgan fingerprint density at radius 1 is 1.17 bits per heavy atom. The van der Waals surface area contributed by atoms with Gasteiger partial charge in [-0.15, -0.1) is 0 Å². The lowest BCUT2D eigenvalue weighted by molar-refractivity contribution is 0.0804. The molecule has 1 aromatic carbocycles. The molecule has 0 amide bonds. The molecule has 1 heterocycles. The summed E-state index contributed by atoms with van der Waals surface area (Å²) in [5.74, 6) is 0.0899. The molecule has 0 spiro atoms. The Morgan fingerprint density at radius 3 is 2.44 bits per heavy atom. The molecule has 1 aliphatic rings. The summed E-state index contributed by atoms with van der Waals surface area (Å²) < 4.78 is 15.2. The molecular weight excluding hydrogens is 225 g/mol. The van der Waals surface area contributed by atoms with Gasteiger partial charge in [-0.1, -0.05) is 12.1 Å². The van der Waals surface area contributed by atoms with Crippen molar-refractivity contribution in [1.29, 1.82) is 0 Å². The highest BCUT2D eigenvalue weighted by atomic mass is 19.1. The Morgan fingerprint density at radius 2 is 1.83 bits per heavy atom. The minimum absolute atomic E-state index is 0.0899. The van der Waals surface area contributed by atoms with Gasteiger partial charge in [-0.05, 0) is 69.3 Å². The predicted molar refractivity (Wildman–Crippen MR) is 74.7 cm³/mol. The fourth-order valence-electron chi connectivity index (χ4n) is 3.02. The van der Waals surface area contributed by atoms with E-state index < -0.39 is 5.67 Å². The molecule has 0 saturated carbocycles. The molecule has 0 aliphatic carbocycles. The maximum atomic E-state index is 15.2. The molecule has 18 heavy (non-hydrogen) atoms. The highest BCUT2D eigenvalue weighted by Crippen LogP contribution is 2.39. The first-order chi connectivity index (χ1) is 8.43. The van der Waals surface area contributed by atoms with Gasteiger partial charge in [-0.3, -0.25) is 0 Å². The minimum Gasteiger partial charge on any atom is -0.316 e. The molecule has 2 rings (SSSR count). The third kappa shape index (κ3) is 2.44. The van der Waals surface area contributed by atoms with Gasteiger partial charge in [0.1, 0.15) is 5.67 Å². The Bertz CT molecular complexity index is 431. The Labute approximate surface area is 110 Å². The van der Waals surface area contributed by atoms with E-state index in [1.54, 1.807) is 6.92 Å². The number of nitrogens with one attached hydrogen (secondary N) is 1. The average Bonchev–Trinajstić information content (AvgIpc) is 2.34. The van der Waals surface area contributed by atoms with Crippen LogP contribution < -0.4 is 5.32 Å². The normalized spacial score (nSPS) is 23.7. The number of hydrogen-bond donors (Lipinski definition) is 1. The number of piperidine rings is 1. The standard InChI is InChI=1S/C16H24FN/c1-11-8-13(3)15(9-12(11)2)16(4,17)14-6-5-7-18-10-14/h8-9,14,18H,5-7,10H2,1-4H3. The summed E-state index contributed by atoms with van der Waals surface area (Å²) in [5.41, 5.74) is 3.15. The van der Waals surface area contributed by atoms with Crippen LogP contribution in [0.5, 0.6) is 0 Å². The lowest BCUT2D eigenvalue weighted by atomic mass is 9.78. The van der Waals surface area contributed by atoms with Crippen molar-refractivity contribution in [1.82, 2.24) is 5.32 Å². The number of rotatable bonds is 2. The molecule has 1 N–H and O–H groups in total. The molecule has 1 aromatic rings. The van der Waals surface area contributed by atoms with Crippen molar-refractivity contribution in [2.75, 3.05) is 13.1 Å². The van der Waals surface area contributed by atoms with Crippen LogP contribution in [0.25, 0.3) is 0 Å². The van der Waals surface area contributed by atoms with Crippen LogP contribution in [0.4, 0.5) is 4.39 Å². The van der Waals surface area contributed by atoms with Gasteiger partial charge < -0.3 is 5.32 Å². The van der Waals surface area contributed by atoms with Crippen LogP contribution in [0, 0.1) is 26.7 Å². The third-order valence-electron chi connectivity index (χ3n) is 4.43. The van der Waals surface area contributed by atoms with Crippen LogP contribution in [0.2, 0.25) is 0 Å². The molecule has 0 aromatic heterocycles. The molecule has 2 unspecified atom stereocenters. The summed E-state index contributed by atoms with van der Waals surface area (Å²) in [6.07, 6.45) is 2.06. The van der Waals surface area contributed by atoms with E-state index in [4.69, 9.17) is 0 Å². The van der Waals surface area contributed by atoms with Gasteiger partial charge >= 0.3 is 0 Å². The third-order valence-corrected chi connectivity index (χ3v) is 4.43. The van der Waals surface area contributed by atoms with Crippen LogP contribution in [0.15, 0.2) is 12.1 Å². The van der Waals surface area contributed by atoms with E-state index in [0.717, 1.165) is 37.1 Å². The van der Waals surface area contributed by atoms with E-state index in [1.165, 1.54) is 11.1 Å². The zero-order valence-electron chi connectivity index (χ0n) is 11.9. The van der Waals surface area contributed by atoms with Gasteiger partial charge in [-0.25, -0.2) is 4.39 Å². The van der Waals surface area contributed by atoms with Crippen LogP contribution in [0.3, 0.4) is 0 Å². The Kier molecular flexibility index (Phi) is 3.76. The number of aryl methyl sites for hydroxylation is 3. The zero-order valence-corrected chi connectivity index (χ0v) is 11.9. The smallest absolute Gasteiger partial charge is 0.137 e. The molecule has 1 saturated heterocycles. The SMILES string of the molecule is Cc1cc(C)c(C(C)(F)C2CCCNC2)cc1C. The second-order valence-corrected chi connectivity index (χ2v) is 5.87. The van der Waals surface area contributed by atoms with Crippen molar-refractivity contribution >= 4 is 0 Å². The summed E-state index contributed by atoms with van der Waals surface area (Å²) in [5, 5.41) is 3.32. The van der Waals surface area contributed by atoms with Crippen molar-refractivity contribution in [3.8, 4) is 0 Å². The van der Waals surface area contributed by atoms with Gasteiger partial charge in [0.15, 0.2) is 0 Å². The lowest BCUT2D eigenvalue weighted by Crippen LogP contribution is -2.40. The number of alkyl halides is 1. The fraction of sp³-hybridized carbons (Fsp3) is 0.625. The maximum Gasteiger partial charge on any atom is 0.137 e. The highest BCUT2D eigenvalue weighted by Gasteiger charge is 2.37. The highest BCUT2D eigenvalue weighted by molar-refractivity contribution is 5.40. The topological polar surface area (TPSA) is 12.0 Å². The van der Waals surface area contributed by atoms with Crippen LogP contribution in [-0.2, 0) is 5.67 Å². The fourth-order valence-corrected chi connectivity index (χ4v) is 3.02. The summed E-state index contributed by atoms with van der Waals surface area (Å²) in [6, 6.07) is 4.15. The molecule has 2 atom stereocenters. The molecule has 0 bridgehead atoms. The van der Waals surface area contributed by atoms with E-state index in [0.29, 0.717) is 0 Å². The van der Waals surface area contributed by atoms with E-state index in [1.807, 2.05) is 13.0 Å². The van der Waals surface area contributed by atoms with Crippen molar-refractivity contribution in [2.45, 2.75) is 46.2 Å². The van der Waals surface area contributed by atoms with Crippen molar-refractivity contribution < 1.29 is 4.39 Å². The first-order valence-corrected chi connectivity index (χ1v) is 6.91. The largest absolute Gasteiger partial charge is 0.316 e. The monoisotopic (exact) mass is 249 g/mol. The molecule has 1 nitrogen and oxygen atoms in total. The molecular formula is C16H24FN. The first-order valence-electron chi connectivity index (χ1n) is 6.91. The quantitative estimate of drug-likeness (QED) is 0.840. The summed E-state index contributed by atoms with van der Waals surface area (Å²) in [6.45, 7) is 9.74. The Balaban J connectivity index is 2.36. The number of hydrogen-bond acceptors (Lipinski definition) is 1. The summed E-state index contributed by atoms with van der Waals surface area (Å²) in [4.78, 5) is 0. The van der Waals surface area contributed by atoms with Crippen LogP contribution in [0.1, 0.15) is 42.0 Å². The van der Waals surface area contributed by atoms with Crippen molar-refractivity contribution in [2.24, 2.45) is 5.92 Å². The van der Waals surface area contributed by atoms with Crippen molar-refractivity contribution in [3.63, 3.8) is 0 Å². The van der Waals surface area contributed by atoms with E-state index in [2.05, 4.69) is 25.2 Å². The molecule has 1 fully saturated rings. The van der Waals surface area contributed by atoms with Gasteiger partial charge in [-0.2, -0.15) is 0 Å². The molecule has 1 aliphatic heterocycles. The lowest BCUT2D eigenvalue weighted by Gasteiger charge is -2.35. The van der Waals surface area contributed by atoms with Gasteiger partial charge in [0.2, 0.25) is 0 Å². The molecule has 0 radical (unpaired) electrons. The maximum absolute atomic E-state index is 15.2.